The third-order valence-corrected chi connectivity index (χ3v) is 3.33. The van der Waals surface area contributed by atoms with E-state index in [2.05, 4.69) is 10.4 Å². The summed E-state index contributed by atoms with van der Waals surface area (Å²) in [7, 11) is 3.78. The van der Waals surface area contributed by atoms with Gasteiger partial charge in [-0.05, 0) is 30.8 Å². The zero-order valence-corrected chi connectivity index (χ0v) is 11.1. The third kappa shape index (κ3) is 2.63. The molecule has 1 heterocycles. The molecule has 5 heteroatoms. The lowest BCUT2D eigenvalue weighted by molar-refractivity contribution is 0.642. The molecule has 2 aromatic rings. The average Bonchev–Trinajstić information content (AvgIpc) is 2.71. The first-order chi connectivity index (χ1) is 8.11. The number of aromatic nitrogens is 2. The van der Waals surface area contributed by atoms with Crippen LogP contribution >= 0.6 is 23.2 Å². The van der Waals surface area contributed by atoms with Gasteiger partial charge in [0.15, 0.2) is 0 Å². The van der Waals surface area contributed by atoms with E-state index in [1.165, 1.54) is 0 Å². The molecule has 1 unspecified atom stereocenters. The van der Waals surface area contributed by atoms with Crippen molar-refractivity contribution in [3.05, 3.63) is 51.8 Å². The molecule has 0 saturated carbocycles. The summed E-state index contributed by atoms with van der Waals surface area (Å²) in [4.78, 5) is 0. The van der Waals surface area contributed by atoms with Gasteiger partial charge in [-0.15, -0.1) is 0 Å². The molecule has 0 fully saturated rings. The molecule has 0 saturated heterocycles. The molecular formula is C12H13Cl2N3. The zero-order valence-electron chi connectivity index (χ0n) is 9.61. The summed E-state index contributed by atoms with van der Waals surface area (Å²) in [5.74, 6) is 0. The Morgan fingerprint density at radius 3 is 2.53 bits per heavy atom. The van der Waals surface area contributed by atoms with Crippen molar-refractivity contribution in [2.45, 2.75) is 6.04 Å². The van der Waals surface area contributed by atoms with Crippen molar-refractivity contribution < 1.29 is 0 Å². The monoisotopic (exact) mass is 269 g/mol. The molecule has 1 aromatic heterocycles. The first kappa shape index (κ1) is 12.4. The van der Waals surface area contributed by atoms with Crippen molar-refractivity contribution in [3.63, 3.8) is 0 Å². The highest BCUT2D eigenvalue weighted by atomic mass is 35.5. The van der Waals surface area contributed by atoms with E-state index in [1.807, 2.05) is 38.5 Å². The lowest BCUT2D eigenvalue weighted by atomic mass is 10.0. The van der Waals surface area contributed by atoms with Gasteiger partial charge in [-0.1, -0.05) is 29.3 Å². The van der Waals surface area contributed by atoms with Gasteiger partial charge in [0.25, 0.3) is 0 Å². The summed E-state index contributed by atoms with van der Waals surface area (Å²) >= 11 is 11.9. The van der Waals surface area contributed by atoms with Gasteiger partial charge in [0, 0.05) is 13.2 Å². The molecule has 0 bridgehead atoms. The number of benzene rings is 1. The van der Waals surface area contributed by atoms with Gasteiger partial charge in [0.05, 0.1) is 21.8 Å². The van der Waals surface area contributed by atoms with Gasteiger partial charge in [0.1, 0.15) is 0 Å². The molecular weight excluding hydrogens is 257 g/mol. The molecule has 1 aromatic carbocycles. The molecule has 0 radical (unpaired) electrons. The van der Waals surface area contributed by atoms with E-state index in [-0.39, 0.29) is 6.04 Å². The second-order valence-electron chi connectivity index (χ2n) is 3.81. The quantitative estimate of drug-likeness (QED) is 0.929. The number of nitrogens with zero attached hydrogens (tertiary/aromatic N) is 2. The van der Waals surface area contributed by atoms with Gasteiger partial charge >= 0.3 is 0 Å². The Hall–Kier alpha value is -1.03. The highest BCUT2D eigenvalue weighted by Gasteiger charge is 2.15. The predicted octanol–water partition coefficient (Wildman–Crippen LogP) is 3.04. The highest BCUT2D eigenvalue weighted by molar-refractivity contribution is 6.42. The lowest BCUT2D eigenvalue weighted by Gasteiger charge is -2.14. The van der Waals surface area contributed by atoms with Gasteiger partial charge < -0.3 is 5.32 Å². The molecule has 3 nitrogen and oxygen atoms in total. The van der Waals surface area contributed by atoms with Crippen molar-refractivity contribution in [3.8, 4) is 0 Å². The SMILES string of the molecule is CNC(c1ccc(Cl)c(Cl)c1)c1ccn(C)n1. The Kier molecular flexibility index (Phi) is 3.72. The largest absolute Gasteiger partial charge is 0.308 e. The maximum atomic E-state index is 6.02. The van der Waals surface area contributed by atoms with Crippen LogP contribution in [0.15, 0.2) is 30.5 Å². The highest BCUT2D eigenvalue weighted by Crippen LogP contribution is 2.27. The van der Waals surface area contributed by atoms with Crippen LogP contribution in [-0.2, 0) is 7.05 Å². The number of halogens is 2. The van der Waals surface area contributed by atoms with Crippen LogP contribution in [0.2, 0.25) is 10.0 Å². The van der Waals surface area contributed by atoms with Gasteiger partial charge in [-0.3, -0.25) is 4.68 Å². The molecule has 0 spiro atoms. The van der Waals surface area contributed by atoms with Crippen molar-refractivity contribution in [1.29, 1.82) is 0 Å². The summed E-state index contributed by atoms with van der Waals surface area (Å²) in [6, 6.07) is 7.60. The van der Waals surface area contributed by atoms with E-state index >= 15 is 0 Å². The van der Waals surface area contributed by atoms with Crippen molar-refractivity contribution in [1.82, 2.24) is 15.1 Å². The number of rotatable bonds is 3. The standard InChI is InChI=1S/C12H13Cl2N3/c1-15-12(11-5-6-17(2)16-11)8-3-4-9(13)10(14)7-8/h3-7,12,15H,1-2H3. The maximum Gasteiger partial charge on any atom is 0.0839 e. The minimum atomic E-state index is 0.0194. The predicted molar refractivity (Wildman–Crippen MR) is 70.6 cm³/mol. The zero-order chi connectivity index (χ0) is 12.4. The van der Waals surface area contributed by atoms with Crippen LogP contribution in [0.5, 0.6) is 0 Å². The second kappa shape index (κ2) is 5.08. The fraction of sp³-hybridized carbons (Fsp3) is 0.250. The van der Waals surface area contributed by atoms with Gasteiger partial charge in [0.2, 0.25) is 0 Å². The summed E-state index contributed by atoms with van der Waals surface area (Å²) in [5, 5.41) is 8.72. The first-order valence-electron chi connectivity index (χ1n) is 5.23. The fourth-order valence-corrected chi connectivity index (χ4v) is 2.07. The number of nitrogens with one attached hydrogen (secondary N) is 1. The summed E-state index contributed by atoms with van der Waals surface area (Å²) in [6.45, 7) is 0. The molecule has 90 valence electrons. The molecule has 0 amide bonds. The Bertz CT molecular complexity index is 522. The van der Waals surface area contributed by atoms with Crippen LogP contribution in [0.3, 0.4) is 0 Å². The topological polar surface area (TPSA) is 29.9 Å². The van der Waals surface area contributed by atoms with E-state index in [4.69, 9.17) is 23.2 Å². The van der Waals surface area contributed by atoms with Crippen LogP contribution in [-0.4, -0.2) is 16.8 Å². The Labute approximate surface area is 110 Å². The molecule has 2 rings (SSSR count). The van der Waals surface area contributed by atoms with Gasteiger partial charge in [-0.2, -0.15) is 5.10 Å². The third-order valence-electron chi connectivity index (χ3n) is 2.60. The van der Waals surface area contributed by atoms with E-state index in [9.17, 15) is 0 Å². The molecule has 1 N–H and O–H groups in total. The van der Waals surface area contributed by atoms with E-state index in [0.717, 1.165) is 11.3 Å². The van der Waals surface area contributed by atoms with E-state index in [1.54, 1.807) is 10.7 Å². The smallest absolute Gasteiger partial charge is 0.0839 e. The minimum absolute atomic E-state index is 0.0194. The van der Waals surface area contributed by atoms with Crippen LogP contribution in [0, 0.1) is 0 Å². The Balaban J connectivity index is 2.38. The molecule has 0 aliphatic heterocycles. The number of hydrogen-bond donors (Lipinski definition) is 1. The maximum absolute atomic E-state index is 6.02. The Morgan fingerprint density at radius 2 is 2.00 bits per heavy atom. The van der Waals surface area contributed by atoms with Crippen molar-refractivity contribution in [2.75, 3.05) is 7.05 Å². The first-order valence-corrected chi connectivity index (χ1v) is 5.99. The molecule has 17 heavy (non-hydrogen) atoms. The van der Waals surface area contributed by atoms with Crippen LogP contribution in [0.25, 0.3) is 0 Å². The molecule has 0 aliphatic carbocycles. The second-order valence-corrected chi connectivity index (χ2v) is 4.62. The van der Waals surface area contributed by atoms with Crippen molar-refractivity contribution >= 4 is 23.2 Å². The molecule has 0 aliphatic rings. The normalized spacial score (nSPS) is 12.7. The molecule has 1 atom stereocenters. The lowest BCUT2D eigenvalue weighted by Crippen LogP contribution is -2.18. The summed E-state index contributed by atoms with van der Waals surface area (Å²) in [6.07, 6.45) is 1.91. The number of aryl methyl sites for hydroxylation is 1. The fourth-order valence-electron chi connectivity index (χ4n) is 1.76. The van der Waals surface area contributed by atoms with Crippen LogP contribution in [0.1, 0.15) is 17.3 Å². The van der Waals surface area contributed by atoms with Crippen molar-refractivity contribution in [2.24, 2.45) is 7.05 Å². The average molecular weight is 270 g/mol. The van der Waals surface area contributed by atoms with Gasteiger partial charge in [-0.25, -0.2) is 0 Å². The van der Waals surface area contributed by atoms with Crippen LogP contribution in [0.4, 0.5) is 0 Å². The summed E-state index contributed by atoms with van der Waals surface area (Å²) in [5.41, 5.74) is 1.99. The van der Waals surface area contributed by atoms with E-state index < -0.39 is 0 Å². The summed E-state index contributed by atoms with van der Waals surface area (Å²) < 4.78 is 1.77. The Morgan fingerprint density at radius 1 is 1.24 bits per heavy atom. The minimum Gasteiger partial charge on any atom is -0.308 e. The van der Waals surface area contributed by atoms with Crippen LogP contribution < -0.4 is 5.32 Å². The number of hydrogen-bond acceptors (Lipinski definition) is 2. The van der Waals surface area contributed by atoms with E-state index in [0.29, 0.717) is 10.0 Å².